The fourth-order valence-corrected chi connectivity index (χ4v) is 4.11. The predicted molar refractivity (Wildman–Crippen MR) is 60.9 cm³/mol. The minimum absolute atomic E-state index is 0.821. The van der Waals surface area contributed by atoms with Gasteiger partial charge in [0, 0.05) is 12.1 Å². The third-order valence-corrected chi connectivity index (χ3v) is 4.76. The van der Waals surface area contributed by atoms with Crippen molar-refractivity contribution >= 4 is 0 Å². The largest absolute Gasteiger partial charge is 0.311 e. The fraction of sp³-hybridized carbons (Fsp3) is 0.571. The van der Waals surface area contributed by atoms with E-state index in [0.717, 1.165) is 23.9 Å². The van der Waals surface area contributed by atoms with Crippen molar-refractivity contribution in [3.05, 3.63) is 35.4 Å². The first-order valence-electron chi connectivity index (χ1n) is 6.25. The Kier molecular flexibility index (Phi) is 1.59. The molecule has 0 spiro atoms. The monoisotopic (exact) mass is 199 g/mol. The second-order valence-corrected chi connectivity index (χ2v) is 5.46. The van der Waals surface area contributed by atoms with Gasteiger partial charge >= 0.3 is 0 Å². The molecule has 4 atom stereocenters. The highest BCUT2D eigenvalue weighted by atomic mass is 15.0. The summed E-state index contributed by atoms with van der Waals surface area (Å²) in [6.07, 6.45) is 5.54. The molecule has 2 aliphatic heterocycles. The Labute approximate surface area is 90.9 Å². The quantitative estimate of drug-likeness (QED) is 0.677. The van der Waals surface area contributed by atoms with Gasteiger partial charge in [0.15, 0.2) is 0 Å². The van der Waals surface area contributed by atoms with Crippen LogP contribution in [0.3, 0.4) is 0 Å². The SMILES string of the molecule is c1ccc2c(c1)C[C@@H]1C3CCC(C[C@H]21)N3. The molecule has 2 heterocycles. The summed E-state index contributed by atoms with van der Waals surface area (Å²) in [5, 5.41) is 3.80. The summed E-state index contributed by atoms with van der Waals surface area (Å²) in [5.41, 5.74) is 3.29. The molecule has 0 aromatic heterocycles. The van der Waals surface area contributed by atoms with Crippen molar-refractivity contribution < 1.29 is 0 Å². The van der Waals surface area contributed by atoms with Gasteiger partial charge in [-0.3, -0.25) is 0 Å². The minimum Gasteiger partial charge on any atom is -0.311 e. The molecule has 2 saturated heterocycles. The van der Waals surface area contributed by atoms with Gasteiger partial charge in [0.05, 0.1) is 0 Å². The van der Waals surface area contributed by atoms with E-state index in [4.69, 9.17) is 0 Å². The Morgan fingerprint density at radius 1 is 1.13 bits per heavy atom. The minimum atomic E-state index is 0.821. The summed E-state index contributed by atoms with van der Waals surface area (Å²) >= 11 is 0. The normalized spacial score (nSPS) is 41.3. The van der Waals surface area contributed by atoms with Crippen molar-refractivity contribution in [3.63, 3.8) is 0 Å². The zero-order valence-corrected chi connectivity index (χ0v) is 8.95. The molecule has 0 amide bonds. The molecule has 4 rings (SSSR count). The van der Waals surface area contributed by atoms with Crippen LogP contribution in [0.5, 0.6) is 0 Å². The van der Waals surface area contributed by atoms with Crippen molar-refractivity contribution in [2.45, 2.75) is 43.7 Å². The van der Waals surface area contributed by atoms with Gasteiger partial charge in [0.1, 0.15) is 0 Å². The lowest BCUT2D eigenvalue weighted by molar-refractivity contribution is 0.268. The molecule has 1 N–H and O–H groups in total. The highest BCUT2D eigenvalue weighted by Crippen LogP contribution is 2.48. The fourth-order valence-electron chi connectivity index (χ4n) is 4.11. The maximum absolute atomic E-state index is 3.80. The molecule has 1 aromatic rings. The van der Waals surface area contributed by atoms with Crippen LogP contribution in [0.2, 0.25) is 0 Å². The first-order chi connectivity index (χ1) is 7.42. The number of nitrogens with one attached hydrogen (secondary N) is 1. The lowest BCUT2D eigenvalue weighted by Gasteiger charge is -2.33. The molecule has 2 fully saturated rings. The van der Waals surface area contributed by atoms with Crippen LogP contribution in [0.25, 0.3) is 0 Å². The summed E-state index contributed by atoms with van der Waals surface area (Å²) in [7, 11) is 0. The van der Waals surface area contributed by atoms with Crippen molar-refractivity contribution in [2.24, 2.45) is 5.92 Å². The molecule has 1 aliphatic carbocycles. The Balaban J connectivity index is 1.78. The molecule has 1 nitrogen and oxygen atoms in total. The Morgan fingerprint density at radius 3 is 3.07 bits per heavy atom. The van der Waals surface area contributed by atoms with Crippen LogP contribution >= 0.6 is 0 Å². The number of hydrogen-bond acceptors (Lipinski definition) is 1. The molecule has 0 saturated carbocycles. The van der Waals surface area contributed by atoms with E-state index in [1.54, 1.807) is 11.1 Å². The van der Waals surface area contributed by atoms with Crippen molar-refractivity contribution in [3.8, 4) is 0 Å². The van der Waals surface area contributed by atoms with Crippen molar-refractivity contribution in [1.82, 2.24) is 5.32 Å². The number of hydrogen-bond donors (Lipinski definition) is 1. The summed E-state index contributed by atoms with van der Waals surface area (Å²) in [5.74, 6) is 1.78. The van der Waals surface area contributed by atoms with E-state index in [0.29, 0.717) is 0 Å². The highest BCUT2D eigenvalue weighted by molar-refractivity contribution is 5.38. The molecule has 2 unspecified atom stereocenters. The van der Waals surface area contributed by atoms with Crippen LogP contribution in [-0.4, -0.2) is 12.1 Å². The van der Waals surface area contributed by atoms with Crippen LogP contribution in [0.1, 0.15) is 36.3 Å². The Bertz CT molecular complexity index is 398. The maximum Gasteiger partial charge on any atom is 0.0107 e. The van der Waals surface area contributed by atoms with E-state index in [9.17, 15) is 0 Å². The third-order valence-electron chi connectivity index (χ3n) is 4.76. The van der Waals surface area contributed by atoms with E-state index in [1.165, 1.54) is 25.7 Å². The van der Waals surface area contributed by atoms with Crippen LogP contribution in [0, 0.1) is 5.92 Å². The average molecular weight is 199 g/mol. The standard InChI is InChI=1S/C14H17N/c1-2-4-11-9(3-1)7-13-12(11)8-10-5-6-14(13)15-10/h1-4,10,12-15H,5-8H2/t10?,12-,13+,14?/m1/s1. The summed E-state index contributed by atoms with van der Waals surface area (Å²) in [4.78, 5) is 0. The van der Waals surface area contributed by atoms with Gasteiger partial charge in [-0.2, -0.15) is 0 Å². The van der Waals surface area contributed by atoms with E-state index >= 15 is 0 Å². The van der Waals surface area contributed by atoms with Crippen molar-refractivity contribution in [2.75, 3.05) is 0 Å². The first-order valence-corrected chi connectivity index (χ1v) is 6.25. The number of rotatable bonds is 0. The first kappa shape index (κ1) is 8.35. The molecule has 78 valence electrons. The highest BCUT2D eigenvalue weighted by Gasteiger charge is 2.45. The predicted octanol–water partition coefficient (Wildman–Crippen LogP) is 2.47. The van der Waals surface area contributed by atoms with Gasteiger partial charge in [-0.15, -0.1) is 0 Å². The molecule has 1 heteroatoms. The molecular formula is C14H17N. The van der Waals surface area contributed by atoms with Gasteiger partial charge in [-0.25, -0.2) is 0 Å². The van der Waals surface area contributed by atoms with Crippen LogP contribution in [0.15, 0.2) is 24.3 Å². The van der Waals surface area contributed by atoms with Crippen LogP contribution < -0.4 is 5.32 Å². The van der Waals surface area contributed by atoms with Gasteiger partial charge in [0.25, 0.3) is 0 Å². The van der Waals surface area contributed by atoms with E-state index < -0.39 is 0 Å². The van der Waals surface area contributed by atoms with E-state index in [-0.39, 0.29) is 0 Å². The molecular weight excluding hydrogens is 182 g/mol. The average Bonchev–Trinajstić information content (AvgIpc) is 2.83. The van der Waals surface area contributed by atoms with Crippen LogP contribution in [-0.2, 0) is 6.42 Å². The summed E-state index contributed by atoms with van der Waals surface area (Å²) in [6, 6.07) is 10.8. The Hall–Kier alpha value is -0.820. The van der Waals surface area contributed by atoms with Crippen LogP contribution in [0.4, 0.5) is 0 Å². The molecule has 0 radical (unpaired) electrons. The number of benzene rings is 1. The van der Waals surface area contributed by atoms with Gasteiger partial charge in [-0.05, 0) is 48.6 Å². The van der Waals surface area contributed by atoms with E-state index in [2.05, 4.69) is 29.6 Å². The summed E-state index contributed by atoms with van der Waals surface area (Å²) < 4.78 is 0. The van der Waals surface area contributed by atoms with Gasteiger partial charge in [-0.1, -0.05) is 24.3 Å². The lowest BCUT2D eigenvalue weighted by Crippen LogP contribution is -2.43. The maximum atomic E-state index is 3.80. The smallest absolute Gasteiger partial charge is 0.0107 e. The lowest BCUT2D eigenvalue weighted by atomic mass is 9.82. The zero-order valence-electron chi connectivity index (χ0n) is 8.95. The van der Waals surface area contributed by atoms with Gasteiger partial charge < -0.3 is 5.32 Å². The zero-order chi connectivity index (χ0) is 9.83. The van der Waals surface area contributed by atoms with Gasteiger partial charge in [0.2, 0.25) is 0 Å². The molecule has 2 bridgehead atoms. The number of fused-ring (bicyclic) bond motifs is 6. The second-order valence-electron chi connectivity index (χ2n) is 5.46. The Morgan fingerprint density at radius 2 is 2.07 bits per heavy atom. The van der Waals surface area contributed by atoms with Crippen molar-refractivity contribution in [1.29, 1.82) is 0 Å². The van der Waals surface area contributed by atoms with E-state index in [1.807, 2.05) is 0 Å². The summed E-state index contributed by atoms with van der Waals surface area (Å²) in [6.45, 7) is 0. The molecule has 1 aromatic carbocycles. The second kappa shape index (κ2) is 2.85. The molecule has 15 heavy (non-hydrogen) atoms. The number of piperidine rings is 1. The topological polar surface area (TPSA) is 12.0 Å². The molecule has 3 aliphatic rings. The third kappa shape index (κ3) is 1.07.